The fourth-order valence-corrected chi connectivity index (χ4v) is 4.03. The van der Waals surface area contributed by atoms with Crippen LogP contribution in [0.15, 0.2) is 59.6 Å². The van der Waals surface area contributed by atoms with E-state index in [1.807, 2.05) is 19.1 Å². The van der Waals surface area contributed by atoms with Gasteiger partial charge >= 0.3 is 0 Å². The van der Waals surface area contributed by atoms with Gasteiger partial charge in [0.15, 0.2) is 0 Å². The lowest BCUT2D eigenvalue weighted by Crippen LogP contribution is -2.16. The number of aromatic nitrogens is 1. The van der Waals surface area contributed by atoms with Crippen LogP contribution in [0.1, 0.15) is 25.0 Å². The number of hydrogen-bond donors (Lipinski definition) is 1. The van der Waals surface area contributed by atoms with E-state index >= 15 is 0 Å². The maximum Gasteiger partial charge on any atom is 0.268 e. The summed E-state index contributed by atoms with van der Waals surface area (Å²) in [7, 11) is -3.72. The Balaban J connectivity index is 2.30. The SMILES string of the molecule is Cc1ccc(S(=O)(=O)n2cc(C(C)(C)O)c3ccccc32)cc1. The Hall–Kier alpha value is -2.11. The van der Waals surface area contributed by atoms with Gasteiger partial charge < -0.3 is 5.11 Å². The van der Waals surface area contributed by atoms with Crippen LogP contribution in [0.25, 0.3) is 10.9 Å². The molecule has 0 fully saturated rings. The molecular formula is C18H19NO3S. The van der Waals surface area contributed by atoms with Crippen molar-refractivity contribution in [2.75, 3.05) is 0 Å². The predicted octanol–water partition coefficient (Wildman–Crippen LogP) is 3.41. The van der Waals surface area contributed by atoms with Crippen molar-refractivity contribution in [1.82, 2.24) is 3.97 Å². The van der Waals surface area contributed by atoms with Crippen LogP contribution in [0, 0.1) is 6.92 Å². The molecule has 0 saturated carbocycles. The molecule has 3 rings (SSSR count). The van der Waals surface area contributed by atoms with Crippen molar-refractivity contribution in [2.45, 2.75) is 31.3 Å². The third-order valence-corrected chi connectivity index (χ3v) is 5.60. The van der Waals surface area contributed by atoms with Gasteiger partial charge in [-0.25, -0.2) is 12.4 Å². The van der Waals surface area contributed by atoms with Gasteiger partial charge in [0.2, 0.25) is 0 Å². The van der Waals surface area contributed by atoms with Crippen molar-refractivity contribution in [1.29, 1.82) is 0 Å². The Kier molecular flexibility index (Phi) is 3.58. The minimum atomic E-state index is -3.72. The number of hydrogen-bond acceptors (Lipinski definition) is 3. The fraction of sp³-hybridized carbons (Fsp3) is 0.222. The second kappa shape index (κ2) is 5.22. The molecular weight excluding hydrogens is 310 g/mol. The maximum absolute atomic E-state index is 13.0. The molecule has 0 radical (unpaired) electrons. The van der Waals surface area contributed by atoms with E-state index < -0.39 is 15.6 Å². The first-order chi connectivity index (χ1) is 10.7. The molecule has 5 heteroatoms. The molecule has 0 saturated heterocycles. The van der Waals surface area contributed by atoms with Crippen LogP contribution in [0.2, 0.25) is 0 Å². The summed E-state index contributed by atoms with van der Waals surface area (Å²) in [6.45, 7) is 5.21. The molecule has 0 bridgehead atoms. The van der Waals surface area contributed by atoms with Gasteiger partial charge in [0, 0.05) is 17.1 Å². The second-order valence-electron chi connectivity index (χ2n) is 6.23. The molecule has 0 unspecified atom stereocenters. The minimum absolute atomic E-state index is 0.228. The van der Waals surface area contributed by atoms with E-state index in [4.69, 9.17) is 0 Å². The van der Waals surface area contributed by atoms with E-state index in [9.17, 15) is 13.5 Å². The number of para-hydroxylation sites is 1. The summed E-state index contributed by atoms with van der Waals surface area (Å²) in [6, 6.07) is 13.9. The Morgan fingerprint density at radius 3 is 2.22 bits per heavy atom. The summed E-state index contributed by atoms with van der Waals surface area (Å²) in [5.74, 6) is 0. The maximum atomic E-state index is 13.0. The van der Waals surface area contributed by atoms with Crippen LogP contribution in [0.4, 0.5) is 0 Å². The second-order valence-corrected chi connectivity index (χ2v) is 8.05. The number of aliphatic hydroxyl groups is 1. The Morgan fingerprint density at radius 1 is 1.00 bits per heavy atom. The Labute approximate surface area is 136 Å². The zero-order chi connectivity index (χ0) is 16.8. The van der Waals surface area contributed by atoms with E-state index in [0.29, 0.717) is 11.1 Å². The van der Waals surface area contributed by atoms with Gasteiger partial charge in [0.25, 0.3) is 10.0 Å². The smallest absolute Gasteiger partial charge is 0.268 e. The summed E-state index contributed by atoms with van der Waals surface area (Å²) >= 11 is 0. The predicted molar refractivity (Wildman–Crippen MR) is 90.9 cm³/mol. The zero-order valence-corrected chi connectivity index (χ0v) is 14.1. The first-order valence-electron chi connectivity index (χ1n) is 7.36. The molecule has 1 heterocycles. The number of nitrogens with zero attached hydrogens (tertiary/aromatic N) is 1. The number of benzene rings is 2. The van der Waals surface area contributed by atoms with E-state index in [-0.39, 0.29) is 4.90 Å². The highest BCUT2D eigenvalue weighted by Crippen LogP contribution is 2.32. The molecule has 23 heavy (non-hydrogen) atoms. The molecule has 0 aliphatic rings. The standard InChI is InChI=1S/C18H19NO3S/c1-13-8-10-14(11-9-13)23(21,22)19-12-16(18(2,3)20)15-6-4-5-7-17(15)19/h4-12,20H,1-3H3. The quantitative estimate of drug-likeness (QED) is 0.801. The molecule has 0 aliphatic carbocycles. The summed E-state index contributed by atoms with van der Waals surface area (Å²) in [4.78, 5) is 0.228. The van der Waals surface area contributed by atoms with Crippen molar-refractivity contribution in [3.63, 3.8) is 0 Å². The summed E-state index contributed by atoms with van der Waals surface area (Å²) < 4.78 is 27.2. The van der Waals surface area contributed by atoms with Gasteiger partial charge in [-0.3, -0.25) is 0 Å². The lowest BCUT2D eigenvalue weighted by atomic mass is 9.98. The largest absolute Gasteiger partial charge is 0.386 e. The third kappa shape index (κ3) is 2.66. The van der Waals surface area contributed by atoms with Crippen molar-refractivity contribution in [3.05, 3.63) is 65.9 Å². The van der Waals surface area contributed by atoms with Crippen LogP contribution in [0.3, 0.4) is 0 Å². The van der Waals surface area contributed by atoms with Crippen molar-refractivity contribution in [3.8, 4) is 0 Å². The van der Waals surface area contributed by atoms with Gasteiger partial charge in [0.05, 0.1) is 16.0 Å². The normalized spacial score (nSPS) is 12.7. The topological polar surface area (TPSA) is 59.3 Å². The van der Waals surface area contributed by atoms with E-state index in [2.05, 4.69) is 0 Å². The van der Waals surface area contributed by atoms with E-state index in [1.54, 1.807) is 50.2 Å². The molecule has 0 amide bonds. The highest BCUT2D eigenvalue weighted by Gasteiger charge is 2.26. The molecule has 120 valence electrons. The van der Waals surface area contributed by atoms with Gasteiger partial charge in [-0.2, -0.15) is 0 Å². The average Bonchev–Trinajstić information content (AvgIpc) is 2.88. The number of aryl methyl sites for hydroxylation is 1. The lowest BCUT2D eigenvalue weighted by Gasteiger charge is -2.16. The Morgan fingerprint density at radius 2 is 1.61 bits per heavy atom. The van der Waals surface area contributed by atoms with Gasteiger partial charge in [0.1, 0.15) is 0 Å². The fourth-order valence-electron chi connectivity index (χ4n) is 2.66. The Bertz CT molecular complexity index is 962. The first kappa shape index (κ1) is 15.8. The molecule has 1 N–H and O–H groups in total. The van der Waals surface area contributed by atoms with Crippen LogP contribution < -0.4 is 0 Å². The van der Waals surface area contributed by atoms with Crippen molar-refractivity contribution in [2.24, 2.45) is 0 Å². The minimum Gasteiger partial charge on any atom is -0.386 e. The highest BCUT2D eigenvalue weighted by atomic mass is 32.2. The molecule has 3 aromatic rings. The summed E-state index contributed by atoms with van der Waals surface area (Å²) in [5, 5.41) is 11.1. The zero-order valence-electron chi connectivity index (χ0n) is 13.3. The van der Waals surface area contributed by atoms with Crippen LogP contribution >= 0.6 is 0 Å². The third-order valence-electron chi connectivity index (χ3n) is 3.91. The molecule has 2 aromatic carbocycles. The highest BCUT2D eigenvalue weighted by molar-refractivity contribution is 7.90. The van der Waals surface area contributed by atoms with Crippen LogP contribution in [-0.4, -0.2) is 17.5 Å². The molecule has 0 atom stereocenters. The van der Waals surface area contributed by atoms with Crippen molar-refractivity contribution >= 4 is 20.9 Å². The van der Waals surface area contributed by atoms with Gasteiger partial charge in [-0.05, 0) is 39.0 Å². The van der Waals surface area contributed by atoms with E-state index in [1.165, 1.54) is 10.2 Å². The van der Waals surface area contributed by atoms with Crippen LogP contribution in [-0.2, 0) is 15.6 Å². The first-order valence-corrected chi connectivity index (χ1v) is 8.80. The molecule has 4 nitrogen and oxygen atoms in total. The van der Waals surface area contributed by atoms with Crippen molar-refractivity contribution < 1.29 is 13.5 Å². The molecule has 0 spiro atoms. The summed E-state index contributed by atoms with van der Waals surface area (Å²) in [5.41, 5.74) is 1.01. The monoisotopic (exact) mass is 329 g/mol. The van der Waals surface area contributed by atoms with E-state index in [0.717, 1.165) is 10.9 Å². The summed E-state index contributed by atoms with van der Waals surface area (Å²) in [6.07, 6.45) is 1.51. The average molecular weight is 329 g/mol. The van der Waals surface area contributed by atoms with Gasteiger partial charge in [-0.15, -0.1) is 0 Å². The number of rotatable bonds is 3. The van der Waals surface area contributed by atoms with Crippen LogP contribution in [0.5, 0.6) is 0 Å². The molecule has 0 aliphatic heterocycles. The van der Waals surface area contributed by atoms with Gasteiger partial charge in [-0.1, -0.05) is 35.9 Å². The number of fused-ring (bicyclic) bond motifs is 1. The lowest BCUT2D eigenvalue weighted by molar-refractivity contribution is 0.0801. The molecule has 1 aromatic heterocycles.